The highest BCUT2D eigenvalue weighted by molar-refractivity contribution is 5.92. The Hall–Kier alpha value is -4.47. The molecule has 25 nitrogen and oxygen atoms in total. The molecule has 3 aliphatic heterocycles. The first-order valence-electron chi connectivity index (χ1n) is 21.3. The normalized spacial score (nSPS) is 26.3. The maximum atomic E-state index is 13.2. The van der Waals surface area contributed by atoms with Crippen molar-refractivity contribution in [2.45, 2.75) is 150 Å². The van der Waals surface area contributed by atoms with Crippen LogP contribution in [-0.4, -0.2) is 169 Å². The summed E-state index contributed by atoms with van der Waals surface area (Å²) in [6.45, 7) is 0.932. The van der Waals surface area contributed by atoms with E-state index < -0.39 is 85.4 Å². The molecule has 22 N–H and O–H groups in total. The molecule has 0 radical (unpaired) electrons. The number of carbonyl (C=O) groups is 6. The fraction of sp³-hybridized carbons (Fsp3) is 0.811. The van der Waals surface area contributed by atoms with Crippen molar-refractivity contribution in [3.05, 3.63) is 0 Å². The van der Waals surface area contributed by atoms with Crippen LogP contribution in [0.3, 0.4) is 0 Å². The van der Waals surface area contributed by atoms with E-state index in [9.17, 15) is 44.1 Å². The lowest BCUT2D eigenvalue weighted by molar-refractivity contribution is -0.198. The van der Waals surface area contributed by atoms with E-state index in [4.69, 9.17) is 43.9 Å². The van der Waals surface area contributed by atoms with Gasteiger partial charge in [-0.1, -0.05) is 0 Å². The first-order chi connectivity index (χ1) is 29.5. The molecule has 3 heterocycles. The minimum Gasteiger partial charge on any atom is -0.441 e. The van der Waals surface area contributed by atoms with E-state index in [1.807, 2.05) is 0 Å². The Balaban J connectivity index is 1.31. The van der Waals surface area contributed by atoms with Gasteiger partial charge in [-0.25, -0.2) is 9.79 Å². The third-order valence-electron chi connectivity index (χ3n) is 10.6. The Kier molecular flexibility index (Phi) is 22.5. The number of piperidine rings is 1. The van der Waals surface area contributed by atoms with E-state index in [1.54, 1.807) is 0 Å². The highest BCUT2D eigenvalue weighted by Crippen LogP contribution is 2.24. The molecular weight excluding hydrogens is 816 g/mol. The van der Waals surface area contributed by atoms with Crippen molar-refractivity contribution in [1.82, 2.24) is 37.2 Å². The Morgan fingerprint density at radius 2 is 1.27 bits per heavy atom. The Morgan fingerprint density at radius 1 is 0.790 bits per heavy atom. The number of primary amides is 1. The monoisotopic (exact) mass is 887 g/mol. The van der Waals surface area contributed by atoms with Gasteiger partial charge in [-0.3, -0.25) is 24.0 Å². The summed E-state index contributed by atoms with van der Waals surface area (Å²) >= 11 is 0. The number of carbonyl (C=O) groups excluding carboxylic acids is 6. The molecule has 0 aromatic carbocycles. The number of hydrogen-bond donors (Lipinski definition) is 16. The molecule has 6 amide bonds. The number of nitrogens with one attached hydrogen (secondary N) is 7. The predicted molar refractivity (Wildman–Crippen MR) is 224 cm³/mol. The lowest BCUT2D eigenvalue weighted by Gasteiger charge is -2.44. The highest BCUT2D eigenvalue weighted by Gasteiger charge is 2.49. The van der Waals surface area contributed by atoms with Crippen molar-refractivity contribution in [3.63, 3.8) is 0 Å². The summed E-state index contributed by atoms with van der Waals surface area (Å²) < 4.78 is 10.9. The minimum absolute atomic E-state index is 0.00971. The molecular formula is C37H70N14O11. The zero-order chi connectivity index (χ0) is 45.8. The average molecular weight is 887 g/mol. The van der Waals surface area contributed by atoms with E-state index in [2.05, 4.69) is 42.2 Å². The number of guanidine groups is 1. The third kappa shape index (κ3) is 18.1. The van der Waals surface area contributed by atoms with Crippen LogP contribution in [0.5, 0.6) is 0 Å². The fourth-order valence-electron chi connectivity index (χ4n) is 7.32. The van der Waals surface area contributed by atoms with Gasteiger partial charge in [-0.05, 0) is 57.9 Å². The first kappa shape index (κ1) is 51.9. The molecule has 0 bridgehead atoms. The largest absolute Gasteiger partial charge is 0.441 e. The van der Waals surface area contributed by atoms with Crippen LogP contribution < -0.4 is 71.6 Å². The van der Waals surface area contributed by atoms with Gasteiger partial charge in [0.1, 0.15) is 18.2 Å². The van der Waals surface area contributed by atoms with Crippen molar-refractivity contribution in [2.24, 2.45) is 39.4 Å². The number of aliphatic hydroxyl groups is 3. The second-order valence-corrected chi connectivity index (χ2v) is 16.1. The number of amides is 6. The van der Waals surface area contributed by atoms with Crippen molar-refractivity contribution in [1.29, 1.82) is 0 Å². The molecule has 62 heavy (non-hydrogen) atoms. The molecule has 0 aromatic rings. The molecule has 2 saturated heterocycles. The summed E-state index contributed by atoms with van der Waals surface area (Å²) in [7, 11) is 0. The number of rotatable bonds is 27. The predicted octanol–water partition coefficient (Wildman–Crippen LogP) is -6.91. The van der Waals surface area contributed by atoms with Gasteiger partial charge in [0.15, 0.2) is 24.3 Å². The van der Waals surface area contributed by atoms with E-state index in [0.29, 0.717) is 64.6 Å². The molecule has 12 atom stereocenters. The standard InChI is InChI=1S/C37H70N14O11/c38-9-1-5-19(39)13-25(54)44-10-2-6-20(40)14-26(55)45-11-3-7-21(41)15-27(56)46-12-4-8-22(42)16-28(57)48-31-32(58)33(62-36(43)60)24(18-52)61-35(31)51-37-49-29-23(53)17-47-34(59)30(29)50-37/h19-24,29-33,35,52-53,58H,1-18,38-42H2,(H2,43,60)(H,44,54)(H,45,55)(H,46,56)(H,47,59)(H,48,57)(H2,49,50,51)/t19-,20-,21-,22-,23+,24+,29+,30-,31+,32-,33-,35+/m0/s1. The van der Waals surface area contributed by atoms with Crippen LogP contribution in [0.4, 0.5) is 4.79 Å². The highest BCUT2D eigenvalue weighted by atomic mass is 16.6. The number of nitrogens with zero attached hydrogens (tertiary/aromatic N) is 1. The smallest absolute Gasteiger partial charge is 0.404 e. The van der Waals surface area contributed by atoms with Crippen LogP contribution in [0, 0.1) is 0 Å². The van der Waals surface area contributed by atoms with Crippen molar-refractivity contribution >= 4 is 41.6 Å². The first-order valence-corrected chi connectivity index (χ1v) is 21.3. The summed E-state index contributed by atoms with van der Waals surface area (Å²) in [5.41, 5.74) is 35.0. The second-order valence-electron chi connectivity index (χ2n) is 16.1. The van der Waals surface area contributed by atoms with Gasteiger partial charge in [0, 0.05) is 76.0 Å². The van der Waals surface area contributed by atoms with Crippen molar-refractivity contribution in [3.8, 4) is 0 Å². The quantitative estimate of drug-likeness (QED) is 0.0341. The number of hydrogen-bond acceptors (Lipinski definition) is 19. The molecule has 0 unspecified atom stereocenters. The lowest BCUT2D eigenvalue weighted by Crippen LogP contribution is -2.70. The number of aliphatic imine (C=N–C) groups is 1. The molecule has 3 aliphatic rings. The zero-order valence-electron chi connectivity index (χ0n) is 35.2. The Labute approximate surface area is 360 Å². The average Bonchev–Trinajstić information content (AvgIpc) is 3.64. The van der Waals surface area contributed by atoms with Gasteiger partial charge in [-0.2, -0.15) is 0 Å². The number of aliphatic hydroxyl groups excluding tert-OH is 3. The number of β-amino-alcohol motifs (C(OH)–C–C–N with tert-alkyl or cyclic N) is 1. The van der Waals surface area contributed by atoms with Crippen LogP contribution in [-0.2, 0) is 33.4 Å². The molecule has 3 rings (SSSR count). The molecule has 0 spiro atoms. The zero-order valence-corrected chi connectivity index (χ0v) is 35.2. The lowest BCUT2D eigenvalue weighted by atomic mass is 9.95. The summed E-state index contributed by atoms with van der Waals surface area (Å²) in [5, 5.41) is 50.8. The Morgan fingerprint density at radius 3 is 1.73 bits per heavy atom. The maximum absolute atomic E-state index is 13.2. The van der Waals surface area contributed by atoms with Crippen LogP contribution in [0.1, 0.15) is 77.0 Å². The molecule has 0 saturated carbocycles. The summed E-state index contributed by atoms with van der Waals surface area (Å²) in [6.07, 6.45) is -3.15. The summed E-state index contributed by atoms with van der Waals surface area (Å²) in [4.78, 5) is 78.0. The number of nitrogens with two attached hydrogens (primary N) is 6. The molecule has 25 heteroatoms. The van der Waals surface area contributed by atoms with Gasteiger partial charge in [0.05, 0.1) is 18.8 Å². The van der Waals surface area contributed by atoms with E-state index >= 15 is 0 Å². The Bertz CT molecular complexity index is 1500. The van der Waals surface area contributed by atoms with Gasteiger partial charge >= 0.3 is 6.09 Å². The van der Waals surface area contributed by atoms with Gasteiger partial charge in [0.25, 0.3) is 0 Å². The van der Waals surface area contributed by atoms with Gasteiger partial charge in [-0.15, -0.1) is 0 Å². The second kappa shape index (κ2) is 26.9. The van der Waals surface area contributed by atoms with E-state index in [1.165, 1.54) is 0 Å². The molecule has 354 valence electrons. The molecule has 0 aromatic heterocycles. The number of ether oxygens (including phenoxy) is 2. The minimum atomic E-state index is -1.64. The van der Waals surface area contributed by atoms with Crippen LogP contribution in [0.25, 0.3) is 0 Å². The summed E-state index contributed by atoms with van der Waals surface area (Å²) in [6, 6.07) is -4.69. The van der Waals surface area contributed by atoms with Gasteiger partial charge < -0.3 is 96.4 Å². The summed E-state index contributed by atoms with van der Waals surface area (Å²) in [5.74, 6) is -1.59. The van der Waals surface area contributed by atoms with Gasteiger partial charge in [0.2, 0.25) is 29.5 Å². The van der Waals surface area contributed by atoms with Crippen LogP contribution >= 0.6 is 0 Å². The van der Waals surface area contributed by atoms with Crippen molar-refractivity contribution < 1.29 is 53.6 Å². The van der Waals surface area contributed by atoms with E-state index in [-0.39, 0.29) is 74.5 Å². The third-order valence-corrected chi connectivity index (χ3v) is 10.6. The SMILES string of the molecule is NCCC[C@H](N)CC(=O)NCCC[C@H](N)CC(=O)NCCC[C@H](N)CC(=O)NCCC[C@H](N)CC(=O)N[C@@H]1[C@H](O)[C@@H](OC(N)=O)[C@@H](CO)O[C@H]1NC1=N[C@@H]2C(=O)NC[C@@H](O)[C@H]2N1. The molecule has 2 fully saturated rings. The fourth-order valence-corrected chi connectivity index (χ4v) is 7.32. The number of fused-ring (bicyclic) bond motifs is 1. The van der Waals surface area contributed by atoms with Crippen LogP contribution in [0.15, 0.2) is 4.99 Å². The maximum Gasteiger partial charge on any atom is 0.404 e. The topological polar surface area (TPSA) is 434 Å². The van der Waals surface area contributed by atoms with E-state index in [0.717, 1.165) is 6.42 Å². The van der Waals surface area contributed by atoms with Crippen LogP contribution in [0.2, 0.25) is 0 Å². The molecule has 0 aliphatic carbocycles. The van der Waals surface area contributed by atoms with Crippen molar-refractivity contribution in [2.75, 3.05) is 39.3 Å².